The number of anilines is 1. The summed E-state index contributed by atoms with van der Waals surface area (Å²) in [6.07, 6.45) is 5.79. The first kappa shape index (κ1) is 32.0. The first-order valence-corrected chi connectivity index (χ1v) is 16.1. The molecule has 236 valence electrons. The number of carbonyl (C=O) groups is 2. The highest BCUT2D eigenvalue weighted by Gasteiger charge is 2.30. The molecule has 0 saturated carbocycles. The van der Waals surface area contributed by atoms with Gasteiger partial charge in [0.2, 0.25) is 0 Å². The van der Waals surface area contributed by atoms with Crippen LogP contribution >= 0.6 is 0 Å². The molecule has 2 amide bonds. The van der Waals surface area contributed by atoms with E-state index in [9.17, 15) is 9.59 Å². The average Bonchev–Trinajstić information content (AvgIpc) is 3.02. The van der Waals surface area contributed by atoms with Crippen molar-refractivity contribution >= 4 is 23.2 Å². The van der Waals surface area contributed by atoms with E-state index in [4.69, 9.17) is 14.5 Å². The lowest BCUT2D eigenvalue weighted by atomic mass is 9.86. The number of carbonyl (C=O) groups excluding carboxylic acids is 2. The standard InChI is InChI=1S/C35H47N5O4/c1-6-40(29-9-13-43-14-10-29)33-19-27(26-7-8-28(36-20-26)22-39-11-15-44-16-12-39)18-31(25(33)5)34(41)37-21-32-30(23(2)3)17-24(4)38-35(32)42/h7-8,17-20,23,29,32H,6,9-16,21-22H2,1-5H3,(H,37,41). The van der Waals surface area contributed by atoms with Crippen LogP contribution in [-0.2, 0) is 20.8 Å². The number of pyridine rings is 1. The number of hydrogen-bond donors (Lipinski definition) is 1. The predicted octanol–water partition coefficient (Wildman–Crippen LogP) is 4.82. The van der Waals surface area contributed by atoms with Crippen LogP contribution in [-0.4, -0.2) is 86.1 Å². The summed E-state index contributed by atoms with van der Waals surface area (Å²) in [5.41, 5.74) is 7.24. The number of morpholine rings is 1. The zero-order chi connectivity index (χ0) is 31.2. The molecule has 1 N–H and O–H groups in total. The summed E-state index contributed by atoms with van der Waals surface area (Å²) in [7, 11) is 0. The molecule has 3 aliphatic heterocycles. The summed E-state index contributed by atoms with van der Waals surface area (Å²) in [5.74, 6) is -0.657. The van der Waals surface area contributed by atoms with Gasteiger partial charge in [0, 0.05) is 80.7 Å². The summed E-state index contributed by atoms with van der Waals surface area (Å²) in [4.78, 5) is 40.5. The number of rotatable bonds is 10. The van der Waals surface area contributed by atoms with Crippen molar-refractivity contribution in [2.75, 3.05) is 57.5 Å². The van der Waals surface area contributed by atoms with Crippen LogP contribution in [0.1, 0.15) is 62.2 Å². The van der Waals surface area contributed by atoms with E-state index in [0.717, 1.165) is 99.1 Å². The molecule has 9 heteroatoms. The summed E-state index contributed by atoms with van der Waals surface area (Å²) < 4.78 is 11.1. The lowest BCUT2D eigenvalue weighted by Gasteiger charge is -2.37. The van der Waals surface area contributed by atoms with Gasteiger partial charge in [-0.3, -0.25) is 19.5 Å². The predicted molar refractivity (Wildman–Crippen MR) is 174 cm³/mol. The van der Waals surface area contributed by atoms with E-state index < -0.39 is 5.92 Å². The number of nitrogens with one attached hydrogen (secondary N) is 1. The molecular formula is C35H47N5O4. The van der Waals surface area contributed by atoms with Crippen LogP contribution in [0.15, 0.2) is 47.1 Å². The molecule has 1 unspecified atom stereocenters. The highest BCUT2D eigenvalue weighted by atomic mass is 16.5. The number of allylic oxidation sites excluding steroid dienone is 1. The lowest BCUT2D eigenvalue weighted by molar-refractivity contribution is -0.120. The van der Waals surface area contributed by atoms with Gasteiger partial charge in [-0.2, -0.15) is 0 Å². The molecule has 1 aromatic carbocycles. The van der Waals surface area contributed by atoms with Gasteiger partial charge in [-0.15, -0.1) is 0 Å². The molecule has 2 aromatic rings. The number of aliphatic imine (C=N–C) groups is 1. The molecule has 44 heavy (non-hydrogen) atoms. The fourth-order valence-corrected chi connectivity index (χ4v) is 6.53. The normalized spacial score (nSPS) is 20.0. The van der Waals surface area contributed by atoms with Crippen LogP contribution in [0.25, 0.3) is 11.1 Å². The third kappa shape index (κ3) is 7.45. The SMILES string of the molecule is CCN(c1cc(-c2ccc(CN3CCOCC3)nc2)cc(C(=O)NCC2C(=O)N=C(C)C=C2C(C)C)c1C)C1CCOCC1. The van der Waals surface area contributed by atoms with E-state index in [1.165, 1.54) is 0 Å². The van der Waals surface area contributed by atoms with Crippen molar-refractivity contribution in [3.05, 3.63) is 58.9 Å². The third-order valence-electron chi connectivity index (χ3n) is 9.05. The molecule has 5 rings (SSSR count). The van der Waals surface area contributed by atoms with Crippen molar-refractivity contribution in [3.8, 4) is 11.1 Å². The van der Waals surface area contributed by atoms with Crippen molar-refractivity contribution < 1.29 is 19.1 Å². The maximum absolute atomic E-state index is 13.9. The molecule has 0 aliphatic carbocycles. The molecule has 1 atom stereocenters. The Kier molecular flexibility index (Phi) is 10.6. The van der Waals surface area contributed by atoms with Gasteiger partial charge in [-0.1, -0.05) is 25.5 Å². The van der Waals surface area contributed by atoms with Crippen molar-refractivity contribution in [2.45, 2.75) is 60.0 Å². The van der Waals surface area contributed by atoms with E-state index in [2.05, 4.69) is 59.1 Å². The fraction of sp³-hybridized carbons (Fsp3) is 0.543. The van der Waals surface area contributed by atoms with Crippen LogP contribution in [0.4, 0.5) is 5.69 Å². The maximum atomic E-state index is 13.9. The van der Waals surface area contributed by atoms with Crippen LogP contribution in [0.2, 0.25) is 0 Å². The Hall–Kier alpha value is -3.40. The number of amides is 2. The fourth-order valence-electron chi connectivity index (χ4n) is 6.53. The number of hydrogen-bond acceptors (Lipinski definition) is 7. The Morgan fingerprint density at radius 3 is 2.45 bits per heavy atom. The summed E-state index contributed by atoms with van der Waals surface area (Å²) in [6.45, 7) is 16.8. The Labute approximate surface area is 261 Å². The van der Waals surface area contributed by atoms with Crippen molar-refractivity contribution in [1.29, 1.82) is 0 Å². The summed E-state index contributed by atoms with van der Waals surface area (Å²) in [5, 5.41) is 3.10. The average molecular weight is 602 g/mol. The van der Waals surface area contributed by atoms with Gasteiger partial charge in [0.05, 0.1) is 24.8 Å². The number of benzene rings is 1. The molecular weight excluding hydrogens is 554 g/mol. The quantitative estimate of drug-likeness (QED) is 0.417. The van der Waals surface area contributed by atoms with Gasteiger partial charge in [0.25, 0.3) is 11.8 Å². The number of nitrogens with zero attached hydrogens (tertiary/aromatic N) is 4. The highest BCUT2D eigenvalue weighted by molar-refractivity contribution is 6.06. The van der Waals surface area contributed by atoms with Crippen LogP contribution in [0, 0.1) is 18.8 Å². The Morgan fingerprint density at radius 1 is 1.07 bits per heavy atom. The van der Waals surface area contributed by atoms with E-state index in [0.29, 0.717) is 17.3 Å². The molecule has 0 radical (unpaired) electrons. The van der Waals surface area contributed by atoms with Gasteiger partial charge in [0.1, 0.15) is 0 Å². The minimum atomic E-state index is -0.455. The Bertz CT molecular complexity index is 1390. The zero-order valence-electron chi connectivity index (χ0n) is 26.9. The van der Waals surface area contributed by atoms with E-state index in [1.54, 1.807) is 0 Å². The second-order valence-corrected chi connectivity index (χ2v) is 12.4. The van der Waals surface area contributed by atoms with Crippen molar-refractivity contribution in [2.24, 2.45) is 16.8 Å². The lowest BCUT2D eigenvalue weighted by Crippen LogP contribution is -2.40. The molecule has 9 nitrogen and oxygen atoms in total. The third-order valence-corrected chi connectivity index (χ3v) is 9.05. The zero-order valence-corrected chi connectivity index (χ0v) is 26.9. The molecule has 4 heterocycles. The number of dihydropyridines is 1. The van der Waals surface area contributed by atoms with Gasteiger partial charge in [-0.05, 0) is 74.9 Å². The smallest absolute Gasteiger partial charge is 0.254 e. The van der Waals surface area contributed by atoms with Crippen molar-refractivity contribution in [3.63, 3.8) is 0 Å². The van der Waals surface area contributed by atoms with E-state index in [-0.39, 0.29) is 24.3 Å². The first-order chi connectivity index (χ1) is 21.2. The minimum absolute atomic E-state index is 0.180. The van der Waals surface area contributed by atoms with Crippen LogP contribution in [0.5, 0.6) is 0 Å². The first-order valence-electron chi connectivity index (χ1n) is 16.1. The van der Waals surface area contributed by atoms with Crippen LogP contribution < -0.4 is 10.2 Å². The van der Waals surface area contributed by atoms with Crippen molar-refractivity contribution in [1.82, 2.24) is 15.2 Å². The molecule has 0 spiro atoms. The topological polar surface area (TPSA) is 96.4 Å². The maximum Gasteiger partial charge on any atom is 0.254 e. The van der Waals surface area contributed by atoms with Gasteiger partial charge >= 0.3 is 0 Å². The summed E-state index contributed by atoms with van der Waals surface area (Å²) >= 11 is 0. The summed E-state index contributed by atoms with van der Waals surface area (Å²) in [6, 6.07) is 8.69. The van der Waals surface area contributed by atoms with E-state index in [1.807, 2.05) is 32.2 Å². The second-order valence-electron chi connectivity index (χ2n) is 12.4. The monoisotopic (exact) mass is 601 g/mol. The van der Waals surface area contributed by atoms with E-state index >= 15 is 0 Å². The second kappa shape index (κ2) is 14.6. The Morgan fingerprint density at radius 2 is 1.80 bits per heavy atom. The van der Waals surface area contributed by atoms with Gasteiger partial charge in [0.15, 0.2) is 0 Å². The highest BCUT2D eigenvalue weighted by Crippen LogP contribution is 2.34. The minimum Gasteiger partial charge on any atom is -0.381 e. The molecule has 1 aromatic heterocycles. The van der Waals surface area contributed by atoms with Gasteiger partial charge < -0.3 is 19.7 Å². The molecule has 2 fully saturated rings. The van der Waals surface area contributed by atoms with Crippen LogP contribution in [0.3, 0.4) is 0 Å². The van der Waals surface area contributed by atoms with Gasteiger partial charge in [-0.25, -0.2) is 4.99 Å². The molecule has 3 aliphatic rings. The largest absolute Gasteiger partial charge is 0.381 e. The molecule has 0 bridgehead atoms. The molecule has 2 saturated heterocycles. The number of aromatic nitrogens is 1. The number of ether oxygens (including phenoxy) is 2. The Balaban J connectivity index is 1.44.